The molecule has 0 radical (unpaired) electrons. The summed E-state index contributed by atoms with van der Waals surface area (Å²) in [7, 11) is -4.35. The Kier molecular flexibility index (Phi) is 3.53. The molecule has 0 aliphatic carbocycles. The van der Waals surface area contributed by atoms with Crippen molar-refractivity contribution >= 4 is 21.5 Å². The molecule has 1 aromatic heterocycles. The second-order valence-electron chi connectivity index (χ2n) is 3.77. The first-order valence-corrected chi connectivity index (χ1v) is 6.67. The lowest BCUT2D eigenvalue weighted by atomic mass is 10.3. The van der Waals surface area contributed by atoms with E-state index in [-0.39, 0.29) is 5.82 Å². The largest absolute Gasteiger partial charge is 0.396 e. The van der Waals surface area contributed by atoms with Crippen LogP contribution in [0.3, 0.4) is 0 Å². The van der Waals surface area contributed by atoms with E-state index >= 15 is 0 Å². The molecule has 1 aromatic carbocycles. The van der Waals surface area contributed by atoms with Crippen LogP contribution in [0.1, 0.15) is 0 Å². The molecule has 0 saturated carbocycles. The third-order valence-electron chi connectivity index (χ3n) is 2.31. The lowest BCUT2D eigenvalue weighted by Gasteiger charge is -2.09. The lowest BCUT2D eigenvalue weighted by Crippen LogP contribution is -2.16. The summed E-state index contributed by atoms with van der Waals surface area (Å²) in [6.07, 6.45) is 0.785. The SMILES string of the molecule is Nc1cc(S(=O)(=O)Nc2ccc(F)cn2)c(F)cc1F. The highest BCUT2D eigenvalue weighted by atomic mass is 32.2. The normalized spacial score (nSPS) is 11.3. The van der Waals surface area contributed by atoms with Crippen molar-refractivity contribution in [1.82, 2.24) is 4.98 Å². The predicted molar refractivity (Wildman–Crippen MR) is 65.8 cm³/mol. The van der Waals surface area contributed by atoms with Gasteiger partial charge in [0.25, 0.3) is 10.0 Å². The van der Waals surface area contributed by atoms with Crippen LogP contribution < -0.4 is 10.5 Å². The van der Waals surface area contributed by atoms with Gasteiger partial charge in [-0.25, -0.2) is 26.6 Å². The van der Waals surface area contributed by atoms with Crippen LogP contribution in [-0.2, 0) is 10.0 Å². The number of aromatic nitrogens is 1. The van der Waals surface area contributed by atoms with Crippen molar-refractivity contribution in [2.45, 2.75) is 4.90 Å². The summed E-state index contributed by atoms with van der Waals surface area (Å²) in [4.78, 5) is 2.63. The summed E-state index contributed by atoms with van der Waals surface area (Å²) in [5, 5.41) is 0. The molecule has 0 unspecified atom stereocenters. The zero-order chi connectivity index (χ0) is 14.9. The van der Waals surface area contributed by atoms with E-state index in [1.54, 1.807) is 0 Å². The molecule has 0 atom stereocenters. The van der Waals surface area contributed by atoms with E-state index < -0.39 is 38.1 Å². The fraction of sp³-hybridized carbons (Fsp3) is 0. The Labute approximate surface area is 112 Å². The standard InChI is InChI=1S/C11H8F3N3O2S/c12-6-1-2-11(16-5-6)17-20(18,19)10-4-9(15)7(13)3-8(10)14/h1-5H,15H2,(H,16,17). The Morgan fingerprint density at radius 2 is 1.80 bits per heavy atom. The highest BCUT2D eigenvalue weighted by molar-refractivity contribution is 7.92. The van der Waals surface area contributed by atoms with Crippen molar-refractivity contribution in [1.29, 1.82) is 0 Å². The lowest BCUT2D eigenvalue weighted by molar-refractivity contribution is 0.553. The Morgan fingerprint density at radius 1 is 1.10 bits per heavy atom. The molecule has 0 amide bonds. The van der Waals surface area contributed by atoms with Crippen molar-refractivity contribution in [2.24, 2.45) is 0 Å². The molecule has 20 heavy (non-hydrogen) atoms. The van der Waals surface area contributed by atoms with Crippen molar-refractivity contribution in [3.63, 3.8) is 0 Å². The summed E-state index contributed by atoms with van der Waals surface area (Å²) >= 11 is 0. The van der Waals surface area contributed by atoms with E-state index in [0.29, 0.717) is 12.1 Å². The van der Waals surface area contributed by atoms with Crippen LogP contribution >= 0.6 is 0 Å². The first-order chi connectivity index (χ1) is 9.29. The highest BCUT2D eigenvalue weighted by Crippen LogP contribution is 2.22. The van der Waals surface area contributed by atoms with Gasteiger partial charge in [-0.15, -0.1) is 0 Å². The van der Waals surface area contributed by atoms with Gasteiger partial charge in [0, 0.05) is 6.07 Å². The van der Waals surface area contributed by atoms with Gasteiger partial charge in [0.05, 0.1) is 11.9 Å². The number of hydrogen-bond acceptors (Lipinski definition) is 4. The first-order valence-electron chi connectivity index (χ1n) is 5.18. The molecule has 106 valence electrons. The molecule has 3 N–H and O–H groups in total. The van der Waals surface area contributed by atoms with E-state index in [1.165, 1.54) is 0 Å². The number of pyridine rings is 1. The smallest absolute Gasteiger partial charge is 0.266 e. The van der Waals surface area contributed by atoms with Crippen LogP contribution in [0.25, 0.3) is 0 Å². The second-order valence-corrected chi connectivity index (χ2v) is 5.42. The third-order valence-corrected chi connectivity index (χ3v) is 3.68. The average molecular weight is 303 g/mol. The maximum atomic E-state index is 13.5. The van der Waals surface area contributed by atoms with Gasteiger partial charge in [0.1, 0.15) is 28.2 Å². The van der Waals surface area contributed by atoms with Gasteiger partial charge in [0.15, 0.2) is 0 Å². The van der Waals surface area contributed by atoms with Crippen LogP contribution in [0.2, 0.25) is 0 Å². The van der Waals surface area contributed by atoms with Gasteiger partial charge in [-0.3, -0.25) is 4.72 Å². The molecule has 0 spiro atoms. The molecule has 0 saturated heterocycles. The van der Waals surface area contributed by atoms with Crippen molar-refractivity contribution in [2.75, 3.05) is 10.5 Å². The Bertz CT molecular complexity index is 748. The Hall–Kier alpha value is -2.29. The summed E-state index contributed by atoms with van der Waals surface area (Å²) < 4.78 is 64.9. The molecule has 5 nitrogen and oxygen atoms in total. The van der Waals surface area contributed by atoms with Crippen LogP contribution in [-0.4, -0.2) is 13.4 Å². The maximum Gasteiger partial charge on any atom is 0.266 e. The average Bonchev–Trinajstić information content (AvgIpc) is 2.36. The number of nitrogen functional groups attached to an aromatic ring is 1. The molecular formula is C11H8F3N3O2S. The van der Waals surface area contributed by atoms with Crippen molar-refractivity contribution in [3.05, 3.63) is 47.9 Å². The minimum Gasteiger partial charge on any atom is -0.396 e. The van der Waals surface area contributed by atoms with E-state index in [4.69, 9.17) is 5.73 Å². The number of nitrogens with zero attached hydrogens (tertiary/aromatic N) is 1. The molecule has 0 fully saturated rings. The van der Waals surface area contributed by atoms with E-state index in [0.717, 1.165) is 18.3 Å². The summed E-state index contributed by atoms with van der Waals surface area (Å²) in [6, 6.07) is 3.04. The number of nitrogens with two attached hydrogens (primary N) is 1. The van der Waals surface area contributed by atoms with Gasteiger partial charge in [-0.2, -0.15) is 0 Å². The number of rotatable bonds is 3. The predicted octanol–water partition coefficient (Wildman–Crippen LogP) is 1.88. The number of anilines is 2. The molecule has 9 heteroatoms. The quantitative estimate of drug-likeness (QED) is 0.848. The Morgan fingerprint density at radius 3 is 2.40 bits per heavy atom. The van der Waals surface area contributed by atoms with Gasteiger partial charge >= 0.3 is 0 Å². The van der Waals surface area contributed by atoms with E-state index in [9.17, 15) is 21.6 Å². The van der Waals surface area contributed by atoms with Gasteiger partial charge in [-0.1, -0.05) is 0 Å². The molecule has 1 heterocycles. The maximum absolute atomic E-state index is 13.5. The summed E-state index contributed by atoms with van der Waals surface area (Å²) in [5.41, 5.74) is 4.69. The number of nitrogens with one attached hydrogen (secondary N) is 1. The molecular weight excluding hydrogens is 295 g/mol. The van der Waals surface area contributed by atoms with Crippen molar-refractivity contribution < 1.29 is 21.6 Å². The van der Waals surface area contributed by atoms with Gasteiger partial charge < -0.3 is 5.73 Å². The molecule has 2 aromatic rings. The zero-order valence-corrected chi connectivity index (χ0v) is 10.6. The Balaban J connectivity index is 2.40. The fourth-order valence-corrected chi connectivity index (χ4v) is 2.48. The van der Waals surface area contributed by atoms with Crippen LogP contribution in [0, 0.1) is 17.5 Å². The monoisotopic (exact) mass is 303 g/mol. The van der Waals surface area contributed by atoms with E-state index in [1.807, 2.05) is 4.72 Å². The minimum absolute atomic E-state index is 0.214. The zero-order valence-electron chi connectivity index (χ0n) is 9.77. The van der Waals surface area contributed by atoms with Crippen molar-refractivity contribution in [3.8, 4) is 0 Å². The van der Waals surface area contributed by atoms with Crippen LogP contribution in [0.5, 0.6) is 0 Å². The first kappa shape index (κ1) is 14.1. The number of benzene rings is 1. The number of halogens is 3. The molecule has 0 aliphatic heterocycles. The molecule has 0 aliphatic rings. The summed E-state index contributed by atoms with van der Waals surface area (Å²) in [5.74, 6) is -3.24. The number of sulfonamides is 1. The fourth-order valence-electron chi connectivity index (χ4n) is 1.38. The minimum atomic E-state index is -4.35. The van der Waals surface area contributed by atoms with Crippen LogP contribution in [0.4, 0.5) is 24.7 Å². The molecule has 0 bridgehead atoms. The van der Waals surface area contributed by atoms with Gasteiger partial charge in [0.2, 0.25) is 0 Å². The second kappa shape index (κ2) is 5.00. The molecule has 2 rings (SSSR count). The van der Waals surface area contributed by atoms with Crippen LogP contribution in [0.15, 0.2) is 35.4 Å². The van der Waals surface area contributed by atoms with Gasteiger partial charge in [-0.05, 0) is 18.2 Å². The highest BCUT2D eigenvalue weighted by Gasteiger charge is 2.21. The third kappa shape index (κ3) is 2.82. The summed E-state index contributed by atoms with van der Waals surface area (Å²) in [6.45, 7) is 0. The van der Waals surface area contributed by atoms with E-state index in [2.05, 4.69) is 4.98 Å². The topological polar surface area (TPSA) is 85.1 Å². The number of hydrogen-bond donors (Lipinski definition) is 2.